The van der Waals surface area contributed by atoms with Crippen molar-refractivity contribution < 1.29 is 14.0 Å². The lowest BCUT2D eigenvalue weighted by atomic mass is 10.1. The second-order valence-electron chi connectivity index (χ2n) is 7.45. The van der Waals surface area contributed by atoms with Gasteiger partial charge in [-0.05, 0) is 48.4 Å². The first-order valence-electron chi connectivity index (χ1n) is 10.4. The number of likely N-dealkylation sites (tertiary alicyclic amines) is 1. The molecule has 0 atom stereocenters. The van der Waals surface area contributed by atoms with Crippen LogP contribution in [-0.4, -0.2) is 39.6 Å². The molecule has 2 amide bonds. The van der Waals surface area contributed by atoms with Gasteiger partial charge in [0.25, 0.3) is 11.8 Å². The molecule has 4 rings (SSSR count). The molecule has 0 saturated carbocycles. The maximum Gasteiger partial charge on any atom is 0.437 e. The van der Waals surface area contributed by atoms with Crippen LogP contribution in [0.25, 0.3) is 10.8 Å². The molecule has 8 nitrogen and oxygen atoms in total. The standard InChI is InChI=1S/C22H24N4O4S/c27-19(10-13-26-22(29)30-20(24-26)18-5-4-14-31-18)23-15-16-6-8-17(9-7-16)21(28)25-11-2-1-3-12-25/h4-9,14H,1-3,10-13,15H2,(H,23,27). The first kappa shape index (κ1) is 21.0. The highest BCUT2D eigenvalue weighted by Gasteiger charge is 2.18. The third-order valence-electron chi connectivity index (χ3n) is 5.22. The number of carbonyl (C=O) groups excluding carboxylic acids is 2. The van der Waals surface area contributed by atoms with Crippen molar-refractivity contribution in [3.8, 4) is 10.8 Å². The van der Waals surface area contributed by atoms with E-state index < -0.39 is 5.76 Å². The van der Waals surface area contributed by atoms with Gasteiger partial charge in [0.05, 0.1) is 11.4 Å². The summed E-state index contributed by atoms with van der Waals surface area (Å²) >= 11 is 1.43. The monoisotopic (exact) mass is 440 g/mol. The van der Waals surface area contributed by atoms with Crippen LogP contribution in [0.5, 0.6) is 0 Å². The summed E-state index contributed by atoms with van der Waals surface area (Å²) in [6.07, 6.45) is 3.42. The third kappa shape index (κ3) is 5.29. The zero-order chi connectivity index (χ0) is 21.6. The van der Waals surface area contributed by atoms with Crippen molar-refractivity contribution in [2.24, 2.45) is 0 Å². The van der Waals surface area contributed by atoms with E-state index in [-0.39, 0.29) is 30.7 Å². The highest BCUT2D eigenvalue weighted by Crippen LogP contribution is 2.21. The predicted octanol–water partition coefficient (Wildman–Crippen LogP) is 2.90. The second kappa shape index (κ2) is 9.74. The first-order valence-corrected chi connectivity index (χ1v) is 11.2. The number of carbonyl (C=O) groups is 2. The van der Waals surface area contributed by atoms with Gasteiger partial charge in [0.15, 0.2) is 0 Å². The Morgan fingerprint density at radius 3 is 2.58 bits per heavy atom. The average molecular weight is 441 g/mol. The lowest BCUT2D eigenvalue weighted by Gasteiger charge is -2.26. The molecule has 0 radical (unpaired) electrons. The summed E-state index contributed by atoms with van der Waals surface area (Å²) in [4.78, 5) is 39.3. The highest BCUT2D eigenvalue weighted by atomic mass is 32.1. The van der Waals surface area contributed by atoms with Crippen LogP contribution >= 0.6 is 11.3 Å². The molecular weight excluding hydrogens is 416 g/mol. The number of hydrogen-bond acceptors (Lipinski definition) is 6. The minimum atomic E-state index is -0.579. The number of amides is 2. The van der Waals surface area contributed by atoms with E-state index in [0.717, 1.165) is 41.1 Å². The molecule has 31 heavy (non-hydrogen) atoms. The Kier molecular flexibility index (Phi) is 6.61. The molecule has 1 saturated heterocycles. The van der Waals surface area contributed by atoms with Crippen LogP contribution in [0.1, 0.15) is 41.6 Å². The largest absolute Gasteiger partial charge is 0.437 e. The van der Waals surface area contributed by atoms with E-state index in [2.05, 4.69) is 10.4 Å². The molecule has 1 fully saturated rings. The predicted molar refractivity (Wildman–Crippen MR) is 117 cm³/mol. The van der Waals surface area contributed by atoms with Gasteiger partial charge in [-0.3, -0.25) is 9.59 Å². The van der Waals surface area contributed by atoms with Gasteiger partial charge in [0.1, 0.15) is 0 Å². The molecule has 9 heteroatoms. The Balaban J connectivity index is 1.25. The molecule has 0 bridgehead atoms. The summed E-state index contributed by atoms with van der Waals surface area (Å²) in [5.41, 5.74) is 1.58. The van der Waals surface area contributed by atoms with E-state index in [1.165, 1.54) is 17.8 Å². The van der Waals surface area contributed by atoms with Crippen LogP contribution in [0, 0.1) is 0 Å². The summed E-state index contributed by atoms with van der Waals surface area (Å²) in [6, 6.07) is 11.0. The molecule has 0 aliphatic carbocycles. The van der Waals surface area contributed by atoms with Crippen LogP contribution in [0.4, 0.5) is 0 Å². The fourth-order valence-corrected chi connectivity index (χ4v) is 4.13. The van der Waals surface area contributed by atoms with Gasteiger partial charge in [0.2, 0.25) is 5.91 Å². The zero-order valence-electron chi connectivity index (χ0n) is 17.1. The van der Waals surface area contributed by atoms with Crippen molar-refractivity contribution in [3.05, 3.63) is 63.5 Å². The number of thiophene rings is 1. The Hall–Kier alpha value is -3.20. The topological polar surface area (TPSA) is 97.4 Å². The van der Waals surface area contributed by atoms with Gasteiger partial charge in [0, 0.05) is 31.6 Å². The van der Waals surface area contributed by atoms with E-state index in [1.54, 1.807) is 12.1 Å². The van der Waals surface area contributed by atoms with Crippen molar-refractivity contribution in [2.45, 2.75) is 38.8 Å². The number of aromatic nitrogens is 2. The van der Waals surface area contributed by atoms with E-state index in [9.17, 15) is 14.4 Å². The van der Waals surface area contributed by atoms with Crippen LogP contribution in [0.15, 0.2) is 51.0 Å². The third-order valence-corrected chi connectivity index (χ3v) is 6.08. The van der Waals surface area contributed by atoms with Crippen LogP contribution in [0.2, 0.25) is 0 Å². The molecule has 0 spiro atoms. The van der Waals surface area contributed by atoms with Crippen molar-refractivity contribution >= 4 is 23.2 Å². The average Bonchev–Trinajstić information content (AvgIpc) is 3.46. The summed E-state index contributed by atoms with van der Waals surface area (Å²) in [5, 5.41) is 8.84. The van der Waals surface area contributed by atoms with Gasteiger partial charge in [-0.2, -0.15) is 4.68 Å². The summed E-state index contributed by atoms with van der Waals surface area (Å²) in [7, 11) is 0. The smallest absolute Gasteiger partial charge is 0.387 e. The number of benzene rings is 1. The molecule has 1 aliphatic rings. The van der Waals surface area contributed by atoms with E-state index >= 15 is 0 Å². The number of aryl methyl sites for hydroxylation is 1. The number of hydrogen-bond donors (Lipinski definition) is 1. The first-order chi connectivity index (χ1) is 15.1. The molecule has 162 valence electrons. The fourth-order valence-electron chi connectivity index (χ4n) is 3.49. The van der Waals surface area contributed by atoms with Gasteiger partial charge in [-0.15, -0.1) is 16.4 Å². The van der Waals surface area contributed by atoms with Gasteiger partial charge >= 0.3 is 5.76 Å². The van der Waals surface area contributed by atoms with Crippen molar-refractivity contribution in [2.75, 3.05) is 13.1 Å². The van der Waals surface area contributed by atoms with Crippen LogP contribution in [0.3, 0.4) is 0 Å². The zero-order valence-corrected chi connectivity index (χ0v) is 17.9. The number of nitrogens with zero attached hydrogens (tertiary/aromatic N) is 3. The van der Waals surface area contributed by atoms with Gasteiger partial charge in [-0.1, -0.05) is 18.2 Å². The lowest BCUT2D eigenvalue weighted by Crippen LogP contribution is -2.35. The van der Waals surface area contributed by atoms with Crippen molar-refractivity contribution in [1.29, 1.82) is 0 Å². The summed E-state index contributed by atoms with van der Waals surface area (Å²) in [5.74, 6) is -0.443. The van der Waals surface area contributed by atoms with Gasteiger partial charge < -0.3 is 14.6 Å². The van der Waals surface area contributed by atoms with E-state index in [4.69, 9.17) is 4.42 Å². The van der Waals surface area contributed by atoms with E-state index in [1.807, 2.05) is 34.5 Å². The van der Waals surface area contributed by atoms with E-state index in [0.29, 0.717) is 12.1 Å². The normalized spacial score (nSPS) is 13.9. The molecule has 1 N–H and O–H groups in total. The van der Waals surface area contributed by atoms with Crippen molar-refractivity contribution in [3.63, 3.8) is 0 Å². The minimum Gasteiger partial charge on any atom is -0.387 e. The number of piperidine rings is 1. The van der Waals surface area contributed by atoms with Crippen molar-refractivity contribution in [1.82, 2.24) is 20.0 Å². The quantitative estimate of drug-likeness (QED) is 0.609. The molecule has 3 aromatic rings. The van der Waals surface area contributed by atoms with Gasteiger partial charge in [-0.25, -0.2) is 4.79 Å². The Labute approximate surface area is 183 Å². The molecule has 2 aromatic heterocycles. The number of rotatable bonds is 7. The Morgan fingerprint density at radius 1 is 1.10 bits per heavy atom. The molecular formula is C22H24N4O4S. The minimum absolute atomic E-state index is 0.0651. The fraction of sp³-hybridized carbons (Fsp3) is 0.364. The summed E-state index contributed by atoms with van der Waals surface area (Å²) < 4.78 is 6.30. The summed E-state index contributed by atoms with van der Waals surface area (Å²) in [6.45, 7) is 2.13. The molecule has 3 heterocycles. The Bertz CT molecular complexity index is 1080. The maximum atomic E-state index is 12.5. The lowest BCUT2D eigenvalue weighted by molar-refractivity contribution is -0.121. The van der Waals surface area contributed by atoms with Crippen LogP contribution < -0.4 is 11.1 Å². The maximum absolute atomic E-state index is 12.5. The second-order valence-corrected chi connectivity index (χ2v) is 8.40. The molecule has 0 unspecified atom stereocenters. The van der Waals surface area contributed by atoms with Crippen LogP contribution in [-0.2, 0) is 17.9 Å². The number of nitrogens with one attached hydrogen (secondary N) is 1. The SMILES string of the molecule is O=C(CCn1nc(-c2cccs2)oc1=O)NCc1ccc(C(=O)N2CCCCC2)cc1. The molecule has 1 aromatic carbocycles. The molecule has 1 aliphatic heterocycles. The Morgan fingerprint density at radius 2 is 1.87 bits per heavy atom. The highest BCUT2D eigenvalue weighted by molar-refractivity contribution is 7.13.